The van der Waals surface area contributed by atoms with Crippen molar-refractivity contribution >= 4 is 34.6 Å². The first kappa shape index (κ1) is 21.6. The number of nitrogens with one attached hydrogen (secondary N) is 2. The van der Waals surface area contributed by atoms with Gasteiger partial charge in [-0.05, 0) is 43.3 Å². The fourth-order valence-electron chi connectivity index (χ4n) is 2.23. The Balaban J connectivity index is 2.06. The SMILES string of the molecule is CC(=O)Nc1ccc(OC(O)C(C)(O)C(=O)Nc2ccc([N+](=O)[O-])c(N)c2)cc1. The van der Waals surface area contributed by atoms with E-state index in [-0.39, 0.29) is 28.7 Å². The third-order valence-electron chi connectivity index (χ3n) is 3.85. The second kappa shape index (κ2) is 8.54. The molecule has 154 valence electrons. The van der Waals surface area contributed by atoms with Crippen LogP contribution in [0.1, 0.15) is 13.8 Å². The largest absolute Gasteiger partial charge is 0.461 e. The first-order valence-electron chi connectivity index (χ1n) is 8.31. The van der Waals surface area contributed by atoms with Crippen molar-refractivity contribution in [3.63, 3.8) is 0 Å². The molecule has 2 atom stereocenters. The van der Waals surface area contributed by atoms with Gasteiger partial charge in [-0.2, -0.15) is 0 Å². The Labute approximate surface area is 165 Å². The fourth-order valence-corrected chi connectivity index (χ4v) is 2.23. The number of hydrogen-bond acceptors (Lipinski definition) is 8. The molecule has 2 aromatic rings. The van der Waals surface area contributed by atoms with Crippen LogP contribution in [0.4, 0.5) is 22.7 Å². The molecule has 2 amide bonds. The summed E-state index contributed by atoms with van der Waals surface area (Å²) < 4.78 is 5.19. The number of rotatable bonds is 7. The maximum Gasteiger partial charge on any atom is 0.292 e. The van der Waals surface area contributed by atoms with Gasteiger partial charge in [0.2, 0.25) is 17.8 Å². The Morgan fingerprint density at radius 1 is 1.17 bits per heavy atom. The number of nitrogens with zero attached hydrogens (tertiary/aromatic N) is 1. The fraction of sp³-hybridized carbons (Fsp3) is 0.222. The van der Waals surface area contributed by atoms with Crippen LogP contribution in [0, 0.1) is 10.1 Å². The molecule has 0 aliphatic carbocycles. The number of nitro groups is 1. The summed E-state index contributed by atoms with van der Waals surface area (Å²) >= 11 is 0. The number of ether oxygens (including phenoxy) is 1. The highest BCUT2D eigenvalue weighted by atomic mass is 16.6. The zero-order chi connectivity index (χ0) is 21.8. The Morgan fingerprint density at radius 2 is 1.76 bits per heavy atom. The molecule has 0 heterocycles. The number of nitrogens with two attached hydrogens (primary N) is 1. The number of amides is 2. The van der Waals surface area contributed by atoms with E-state index in [2.05, 4.69) is 10.6 Å². The quantitative estimate of drug-likeness (QED) is 0.198. The summed E-state index contributed by atoms with van der Waals surface area (Å²) in [5, 5.41) is 36.2. The summed E-state index contributed by atoms with van der Waals surface area (Å²) in [6.07, 6.45) is -1.94. The van der Waals surface area contributed by atoms with Crippen molar-refractivity contribution in [3.8, 4) is 5.75 Å². The van der Waals surface area contributed by atoms with Crippen LogP contribution in [0.2, 0.25) is 0 Å². The Bertz CT molecular complexity index is 928. The Hall–Kier alpha value is -3.70. The number of aliphatic hydroxyl groups is 2. The lowest BCUT2D eigenvalue weighted by Crippen LogP contribution is -2.52. The lowest BCUT2D eigenvalue weighted by molar-refractivity contribution is -0.383. The van der Waals surface area contributed by atoms with Crippen LogP contribution in [-0.4, -0.2) is 38.8 Å². The second-order valence-electron chi connectivity index (χ2n) is 6.31. The van der Waals surface area contributed by atoms with Crippen LogP contribution in [-0.2, 0) is 9.59 Å². The van der Waals surface area contributed by atoms with E-state index in [0.717, 1.165) is 19.1 Å². The van der Waals surface area contributed by atoms with E-state index < -0.39 is 22.7 Å². The van der Waals surface area contributed by atoms with Crippen LogP contribution >= 0.6 is 0 Å². The topological polar surface area (TPSA) is 177 Å². The van der Waals surface area contributed by atoms with Crippen LogP contribution in [0.15, 0.2) is 42.5 Å². The minimum absolute atomic E-state index is 0.0882. The van der Waals surface area contributed by atoms with Gasteiger partial charge in [0.15, 0.2) is 0 Å². The zero-order valence-electron chi connectivity index (χ0n) is 15.6. The molecule has 0 aliphatic rings. The normalized spacial score (nSPS) is 13.7. The van der Waals surface area contributed by atoms with Crippen LogP contribution in [0.25, 0.3) is 0 Å². The minimum atomic E-state index is -2.37. The van der Waals surface area contributed by atoms with Gasteiger partial charge in [0.05, 0.1) is 4.92 Å². The van der Waals surface area contributed by atoms with E-state index in [9.17, 15) is 29.9 Å². The summed E-state index contributed by atoms with van der Waals surface area (Å²) in [6, 6.07) is 9.37. The number of carbonyl (C=O) groups is 2. The molecule has 0 spiro atoms. The first-order chi connectivity index (χ1) is 13.5. The summed E-state index contributed by atoms with van der Waals surface area (Å²) in [6.45, 7) is 2.38. The molecule has 0 fully saturated rings. The minimum Gasteiger partial charge on any atom is -0.461 e. The second-order valence-corrected chi connectivity index (χ2v) is 6.31. The molecule has 29 heavy (non-hydrogen) atoms. The number of nitro benzene ring substituents is 1. The predicted octanol–water partition coefficient (Wildman–Crippen LogP) is 1.22. The molecular formula is C18H20N4O7. The average Bonchev–Trinajstić information content (AvgIpc) is 2.62. The van der Waals surface area contributed by atoms with Gasteiger partial charge in [-0.15, -0.1) is 0 Å². The molecule has 0 saturated carbocycles. The van der Waals surface area contributed by atoms with E-state index in [1.165, 1.54) is 37.3 Å². The zero-order valence-corrected chi connectivity index (χ0v) is 15.6. The molecule has 0 aliphatic heterocycles. The monoisotopic (exact) mass is 404 g/mol. The van der Waals surface area contributed by atoms with E-state index in [0.29, 0.717) is 5.69 Å². The number of carbonyl (C=O) groups excluding carboxylic acids is 2. The standard InChI is InChI=1S/C18H20N4O7/c1-10(23)20-11-3-6-13(7-4-11)29-17(25)18(2,26)16(24)21-12-5-8-15(22(27)28)14(19)9-12/h3-9,17,25-26H,19H2,1-2H3,(H,20,23)(H,21,24). The maximum absolute atomic E-state index is 12.3. The molecule has 0 bridgehead atoms. The average molecular weight is 404 g/mol. The van der Waals surface area contributed by atoms with Gasteiger partial charge in [-0.3, -0.25) is 19.7 Å². The van der Waals surface area contributed by atoms with Crippen LogP contribution in [0.3, 0.4) is 0 Å². The van der Waals surface area contributed by atoms with E-state index in [4.69, 9.17) is 10.5 Å². The molecule has 0 radical (unpaired) electrons. The van der Waals surface area contributed by atoms with Gasteiger partial charge in [0.25, 0.3) is 11.6 Å². The number of benzene rings is 2. The highest BCUT2D eigenvalue weighted by Gasteiger charge is 2.40. The molecule has 0 aromatic heterocycles. The lowest BCUT2D eigenvalue weighted by Gasteiger charge is -2.28. The third kappa shape index (κ3) is 5.40. The van der Waals surface area contributed by atoms with Gasteiger partial charge in [-0.1, -0.05) is 0 Å². The van der Waals surface area contributed by atoms with Gasteiger partial charge in [0.1, 0.15) is 11.4 Å². The molecule has 11 nitrogen and oxygen atoms in total. The van der Waals surface area contributed by atoms with Gasteiger partial charge < -0.3 is 31.3 Å². The number of hydrogen-bond donors (Lipinski definition) is 5. The van der Waals surface area contributed by atoms with Gasteiger partial charge >= 0.3 is 0 Å². The number of nitrogen functional groups attached to an aromatic ring is 1. The summed E-state index contributed by atoms with van der Waals surface area (Å²) in [7, 11) is 0. The first-order valence-corrected chi connectivity index (χ1v) is 8.31. The molecule has 2 aromatic carbocycles. The van der Waals surface area contributed by atoms with E-state index in [1.807, 2.05) is 0 Å². The number of aliphatic hydroxyl groups excluding tert-OH is 1. The lowest BCUT2D eigenvalue weighted by atomic mass is 10.1. The van der Waals surface area contributed by atoms with Crippen molar-refractivity contribution in [1.82, 2.24) is 0 Å². The highest BCUT2D eigenvalue weighted by Crippen LogP contribution is 2.26. The van der Waals surface area contributed by atoms with Crippen molar-refractivity contribution in [2.24, 2.45) is 0 Å². The van der Waals surface area contributed by atoms with Crippen molar-refractivity contribution in [3.05, 3.63) is 52.6 Å². The van der Waals surface area contributed by atoms with E-state index in [1.54, 1.807) is 0 Å². The van der Waals surface area contributed by atoms with Crippen LogP contribution < -0.4 is 21.1 Å². The van der Waals surface area contributed by atoms with Gasteiger partial charge in [-0.25, -0.2) is 0 Å². The molecule has 2 rings (SSSR count). The van der Waals surface area contributed by atoms with Crippen molar-refractivity contribution < 1.29 is 29.5 Å². The molecular weight excluding hydrogens is 384 g/mol. The predicted molar refractivity (Wildman–Crippen MR) is 104 cm³/mol. The third-order valence-corrected chi connectivity index (χ3v) is 3.85. The van der Waals surface area contributed by atoms with Crippen molar-refractivity contribution in [2.45, 2.75) is 25.7 Å². The smallest absolute Gasteiger partial charge is 0.292 e. The maximum atomic E-state index is 12.3. The van der Waals surface area contributed by atoms with Crippen molar-refractivity contribution in [1.29, 1.82) is 0 Å². The molecule has 0 saturated heterocycles. The summed E-state index contributed by atoms with van der Waals surface area (Å²) in [5.74, 6) is -1.14. The van der Waals surface area contributed by atoms with Gasteiger partial charge in [0, 0.05) is 24.4 Å². The summed E-state index contributed by atoms with van der Waals surface area (Å²) in [4.78, 5) is 33.5. The molecule has 2 unspecified atom stereocenters. The molecule has 6 N–H and O–H groups in total. The number of anilines is 3. The van der Waals surface area contributed by atoms with Crippen molar-refractivity contribution in [2.75, 3.05) is 16.4 Å². The van der Waals surface area contributed by atoms with Crippen LogP contribution in [0.5, 0.6) is 5.75 Å². The highest BCUT2D eigenvalue weighted by molar-refractivity contribution is 5.97. The Kier molecular flexibility index (Phi) is 6.36. The summed E-state index contributed by atoms with van der Waals surface area (Å²) in [5.41, 5.74) is 3.27. The Morgan fingerprint density at radius 3 is 2.28 bits per heavy atom. The molecule has 11 heteroatoms. The van der Waals surface area contributed by atoms with E-state index >= 15 is 0 Å².